The molecule has 0 amide bonds. The third kappa shape index (κ3) is 4.37. The van der Waals surface area contributed by atoms with Crippen LogP contribution in [-0.2, 0) is 10.0 Å². The molecule has 8 nitrogen and oxygen atoms in total. The Morgan fingerprint density at radius 3 is 2.52 bits per heavy atom. The lowest BCUT2D eigenvalue weighted by Crippen LogP contribution is -2.23. The molecule has 0 aliphatic carbocycles. The standard InChI is InChI=1S/C18H23N5O3S/c1-3-14(12-24)20-17-9-10-18-19-11-16(23(18)21-17)13-5-7-15(8-6-13)22-27(25,26)4-2/h5-11,14,22,24H,3-4,12H2,1-2H3,(H,20,21). The van der Waals surface area contributed by atoms with Gasteiger partial charge in [0.05, 0.1) is 30.3 Å². The highest BCUT2D eigenvalue weighted by molar-refractivity contribution is 7.92. The second-order valence-electron chi connectivity index (χ2n) is 6.15. The minimum Gasteiger partial charge on any atom is -0.394 e. The van der Waals surface area contributed by atoms with Crippen molar-refractivity contribution in [2.24, 2.45) is 0 Å². The maximum Gasteiger partial charge on any atom is 0.232 e. The van der Waals surface area contributed by atoms with E-state index in [2.05, 4.69) is 20.1 Å². The molecule has 3 aromatic rings. The van der Waals surface area contributed by atoms with Crippen molar-refractivity contribution in [3.05, 3.63) is 42.6 Å². The molecule has 0 bridgehead atoms. The Balaban J connectivity index is 1.90. The summed E-state index contributed by atoms with van der Waals surface area (Å²) in [7, 11) is -3.30. The van der Waals surface area contributed by atoms with Gasteiger partial charge < -0.3 is 10.4 Å². The molecule has 0 fully saturated rings. The third-order valence-electron chi connectivity index (χ3n) is 4.26. The van der Waals surface area contributed by atoms with Crippen molar-refractivity contribution >= 4 is 27.2 Å². The number of hydrogen-bond acceptors (Lipinski definition) is 6. The van der Waals surface area contributed by atoms with Gasteiger partial charge in [0.2, 0.25) is 10.0 Å². The molecule has 0 saturated heterocycles. The van der Waals surface area contributed by atoms with Gasteiger partial charge in [0, 0.05) is 11.3 Å². The van der Waals surface area contributed by atoms with Crippen molar-refractivity contribution in [2.45, 2.75) is 26.3 Å². The van der Waals surface area contributed by atoms with Gasteiger partial charge in [0.1, 0.15) is 5.82 Å². The van der Waals surface area contributed by atoms with Gasteiger partial charge in [0.15, 0.2) is 5.65 Å². The molecule has 1 aromatic carbocycles. The molecule has 0 spiro atoms. The van der Waals surface area contributed by atoms with E-state index in [1.807, 2.05) is 31.2 Å². The Bertz CT molecular complexity index is 1010. The highest BCUT2D eigenvalue weighted by Gasteiger charge is 2.11. The van der Waals surface area contributed by atoms with Gasteiger partial charge in [-0.3, -0.25) is 4.72 Å². The van der Waals surface area contributed by atoms with Gasteiger partial charge in [0.25, 0.3) is 0 Å². The second kappa shape index (κ2) is 7.93. The summed E-state index contributed by atoms with van der Waals surface area (Å²) in [5, 5.41) is 17.1. The zero-order chi connectivity index (χ0) is 19.4. The van der Waals surface area contributed by atoms with Gasteiger partial charge in [-0.1, -0.05) is 19.1 Å². The lowest BCUT2D eigenvalue weighted by atomic mass is 10.1. The topological polar surface area (TPSA) is 109 Å². The number of sulfonamides is 1. The number of benzene rings is 1. The Morgan fingerprint density at radius 1 is 1.15 bits per heavy atom. The lowest BCUT2D eigenvalue weighted by molar-refractivity contribution is 0.271. The van der Waals surface area contributed by atoms with Crippen LogP contribution in [0.2, 0.25) is 0 Å². The van der Waals surface area contributed by atoms with Crippen molar-refractivity contribution in [3.8, 4) is 11.3 Å². The number of imidazole rings is 1. The summed E-state index contributed by atoms with van der Waals surface area (Å²) in [4.78, 5) is 4.36. The molecule has 0 radical (unpaired) electrons. The number of anilines is 2. The van der Waals surface area contributed by atoms with Gasteiger partial charge in [-0.25, -0.2) is 17.9 Å². The molecule has 144 valence electrons. The van der Waals surface area contributed by atoms with E-state index in [1.165, 1.54) is 0 Å². The van der Waals surface area contributed by atoms with Gasteiger partial charge in [-0.2, -0.15) is 0 Å². The number of fused-ring (bicyclic) bond motifs is 1. The molecule has 0 saturated carbocycles. The molecule has 1 atom stereocenters. The molecule has 0 aliphatic rings. The van der Waals surface area contributed by atoms with E-state index in [1.54, 1.807) is 29.8 Å². The molecule has 3 N–H and O–H groups in total. The van der Waals surface area contributed by atoms with Crippen LogP contribution in [0.1, 0.15) is 20.3 Å². The van der Waals surface area contributed by atoms with Crippen molar-refractivity contribution in [2.75, 3.05) is 22.4 Å². The smallest absolute Gasteiger partial charge is 0.232 e. The van der Waals surface area contributed by atoms with E-state index < -0.39 is 10.0 Å². The van der Waals surface area contributed by atoms with E-state index in [9.17, 15) is 13.5 Å². The Morgan fingerprint density at radius 2 is 1.89 bits per heavy atom. The van der Waals surface area contributed by atoms with Crippen LogP contribution in [0.25, 0.3) is 16.9 Å². The maximum atomic E-state index is 11.7. The lowest BCUT2D eigenvalue weighted by Gasteiger charge is -2.14. The van der Waals surface area contributed by atoms with Crippen LogP contribution in [0.15, 0.2) is 42.6 Å². The zero-order valence-corrected chi connectivity index (χ0v) is 16.1. The first-order valence-electron chi connectivity index (χ1n) is 8.79. The van der Waals surface area contributed by atoms with Crippen LogP contribution in [-0.4, -0.2) is 46.5 Å². The molecule has 27 heavy (non-hydrogen) atoms. The highest BCUT2D eigenvalue weighted by Crippen LogP contribution is 2.23. The summed E-state index contributed by atoms with van der Waals surface area (Å²) >= 11 is 0. The van der Waals surface area contributed by atoms with E-state index in [-0.39, 0.29) is 18.4 Å². The summed E-state index contributed by atoms with van der Waals surface area (Å²) in [6.45, 7) is 3.61. The molecule has 1 unspecified atom stereocenters. The van der Waals surface area contributed by atoms with Crippen molar-refractivity contribution in [3.63, 3.8) is 0 Å². The Labute approximate surface area is 158 Å². The summed E-state index contributed by atoms with van der Waals surface area (Å²) < 4.78 is 27.6. The number of aliphatic hydroxyl groups excluding tert-OH is 1. The molecule has 3 rings (SSSR count). The molecule has 2 heterocycles. The van der Waals surface area contributed by atoms with E-state index in [4.69, 9.17) is 0 Å². The normalized spacial score (nSPS) is 12.9. The van der Waals surface area contributed by atoms with Crippen molar-refractivity contribution in [1.29, 1.82) is 0 Å². The van der Waals surface area contributed by atoms with E-state index in [0.717, 1.165) is 17.7 Å². The monoisotopic (exact) mass is 389 g/mol. The fraction of sp³-hybridized carbons (Fsp3) is 0.333. The number of aliphatic hydroxyl groups is 1. The molecule has 2 aromatic heterocycles. The second-order valence-corrected chi connectivity index (χ2v) is 8.16. The summed E-state index contributed by atoms with van der Waals surface area (Å²) in [6, 6.07) is 10.7. The largest absolute Gasteiger partial charge is 0.394 e. The number of nitrogens with one attached hydrogen (secondary N) is 2. The zero-order valence-electron chi connectivity index (χ0n) is 15.3. The van der Waals surface area contributed by atoms with Crippen molar-refractivity contribution < 1.29 is 13.5 Å². The van der Waals surface area contributed by atoms with Gasteiger partial charge in [-0.05, 0) is 37.6 Å². The van der Waals surface area contributed by atoms with Crippen LogP contribution >= 0.6 is 0 Å². The summed E-state index contributed by atoms with van der Waals surface area (Å²) in [5.41, 5.74) is 2.86. The van der Waals surface area contributed by atoms with Crippen molar-refractivity contribution in [1.82, 2.24) is 14.6 Å². The number of nitrogens with zero attached hydrogens (tertiary/aromatic N) is 3. The first-order chi connectivity index (χ1) is 13.0. The average molecular weight is 389 g/mol. The van der Waals surface area contributed by atoms with Crippen LogP contribution < -0.4 is 10.0 Å². The van der Waals surface area contributed by atoms with Crippen LogP contribution in [0.5, 0.6) is 0 Å². The minimum atomic E-state index is -3.30. The van der Waals surface area contributed by atoms with E-state index >= 15 is 0 Å². The predicted octanol–water partition coefficient (Wildman–Crippen LogP) is 2.34. The summed E-state index contributed by atoms with van der Waals surface area (Å²) in [5.74, 6) is 0.670. The SMILES string of the molecule is CCC(CO)Nc1ccc2ncc(-c3ccc(NS(=O)(=O)CC)cc3)n2n1. The maximum absolute atomic E-state index is 11.7. The van der Waals surface area contributed by atoms with E-state index in [0.29, 0.717) is 17.2 Å². The number of hydrogen-bond donors (Lipinski definition) is 3. The highest BCUT2D eigenvalue weighted by atomic mass is 32.2. The molecular formula is C18H23N5O3S. The number of aromatic nitrogens is 3. The predicted molar refractivity (Wildman–Crippen MR) is 106 cm³/mol. The minimum absolute atomic E-state index is 0.0221. The fourth-order valence-electron chi connectivity index (χ4n) is 2.59. The summed E-state index contributed by atoms with van der Waals surface area (Å²) in [6.07, 6.45) is 2.50. The van der Waals surface area contributed by atoms with Gasteiger partial charge >= 0.3 is 0 Å². The van der Waals surface area contributed by atoms with Crippen LogP contribution in [0.3, 0.4) is 0 Å². The quantitative estimate of drug-likeness (QED) is 0.546. The third-order valence-corrected chi connectivity index (χ3v) is 5.57. The first-order valence-corrected chi connectivity index (χ1v) is 10.4. The van der Waals surface area contributed by atoms with Crippen LogP contribution in [0, 0.1) is 0 Å². The Hall–Kier alpha value is -2.65. The number of rotatable bonds is 8. The van der Waals surface area contributed by atoms with Crippen LogP contribution in [0.4, 0.5) is 11.5 Å². The first kappa shape index (κ1) is 19.1. The molecular weight excluding hydrogens is 366 g/mol. The Kier molecular flexibility index (Phi) is 5.62. The average Bonchev–Trinajstić information content (AvgIpc) is 3.09. The van der Waals surface area contributed by atoms with Gasteiger partial charge in [-0.15, -0.1) is 5.10 Å². The molecule has 0 aliphatic heterocycles. The fourth-order valence-corrected chi connectivity index (χ4v) is 3.23. The molecule has 9 heteroatoms.